The third-order valence-electron chi connectivity index (χ3n) is 4.89. The summed E-state index contributed by atoms with van der Waals surface area (Å²) in [7, 11) is 1.92. The van der Waals surface area contributed by atoms with Crippen LogP contribution in [0.1, 0.15) is 45.2 Å². The molecule has 134 valence electrons. The molecule has 6 heteroatoms. The Bertz CT molecular complexity index is 1000. The smallest absolute Gasteiger partial charge is 0.261 e. The van der Waals surface area contributed by atoms with Crippen LogP contribution < -0.4 is 10.1 Å². The van der Waals surface area contributed by atoms with E-state index in [4.69, 9.17) is 4.74 Å². The van der Waals surface area contributed by atoms with Gasteiger partial charge in [-0.3, -0.25) is 9.48 Å². The number of carbonyl (C=O) groups excluding carboxylic acids is 1. The molecular weight excluding hydrogens is 346 g/mol. The van der Waals surface area contributed by atoms with Crippen LogP contribution in [0.25, 0.3) is 10.4 Å². The summed E-state index contributed by atoms with van der Waals surface area (Å²) in [5, 5.41) is 7.56. The molecule has 1 N–H and O–H groups in total. The summed E-state index contributed by atoms with van der Waals surface area (Å²) in [5.41, 5.74) is 5.23. The lowest BCUT2D eigenvalue weighted by Gasteiger charge is -2.16. The highest BCUT2D eigenvalue weighted by atomic mass is 32.1. The van der Waals surface area contributed by atoms with Gasteiger partial charge >= 0.3 is 0 Å². The first-order valence-corrected chi connectivity index (χ1v) is 9.43. The lowest BCUT2D eigenvalue weighted by molar-refractivity contribution is 0.0943. The zero-order valence-corrected chi connectivity index (χ0v) is 16.1. The normalized spacial score (nSPS) is 13.5. The molecular formula is C20H21N3O2S. The minimum absolute atomic E-state index is 0.0583. The van der Waals surface area contributed by atoms with Gasteiger partial charge in [0.2, 0.25) is 0 Å². The molecule has 1 aliphatic heterocycles. The third kappa shape index (κ3) is 2.70. The van der Waals surface area contributed by atoms with Crippen LogP contribution in [0, 0.1) is 13.8 Å². The quantitative estimate of drug-likeness (QED) is 0.757. The van der Waals surface area contributed by atoms with E-state index in [0.29, 0.717) is 11.5 Å². The summed E-state index contributed by atoms with van der Waals surface area (Å²) in [6, 6.07) is 9.81. The number of nitrogens with one attached hydrogen (secondary N) is 1. The molecule has 2 aromatic heterocycles. The second-order valence-electron chi connectivity index (χ2n) is 6.65. The predicted octanol–water partition coefficient (Wildman–Crippen LogP) is 4.15. The number of aromatic nitrogens is 2. The number of para-hydroxylation sites is 1. The number of aryl methyl sites for hydroxylation is 2. The molecule has 0 saturated carbocycles. The molecule has 1 aromatic carbocycles. The number of carbonyl (C=O) groups is 1. The SMILES string of the molecule is Cc1nn(C)c(C)c1[C@@H](C)NC(=O)c1cc2c(s1)-c1ccccc1OC2. The highest BCUT2D eigenvalue weighted by Gasteiger charge is 2.24. The summed E-state index contributed by atoms with van der Waals surface area (Å²) in [5.74, 6) is 0.820. The van der Waals surface area contributed by atoms with E-state index in [2.05, 4.69) is 10.4 Å². The monoisotopic (exact) mass is 367 g/mol. The molecule has 3 aromatic rings. The van der Waals surface area contributed by atoms with Crippen molar-refractivity contribution in [2.75, 3.05) is 0 Å². The number of hydrogen-bond acceptors (Lipinski definition) is 4. The summed E-state index contributed by atoms with van der Waals surface area (Å²) in [6.07, 6.45) is 0. The topological polar surface area (TPSA) is 56.2 Å². The largest absolute Gasteiger partial charge is 0.488 e. The van der Waals surface area contributed by atoms with E-state index < -0.39 is 0 Å². The van der Waals surface area contributed by atoms with Gasteiger partial charge in [-0.05, 0) is 39.0 Å². The van der Waals surface area contributed by atoms with E-state index in [1.165, 1.54) is 11.3 Å². The van der Waals surface area contributed by atoms with Crippen molar-refractivity contribution >= 4 is 17.2 Å². The van der Waals surface area contributed by atoms with Crippen LogP contribution in [-0.2, 0) is 13.7 Å². The van der Waals surface area contributed by atoms with Crippen LogP contribution in [0.4, 0.5) is 0 Å². The van der Waals surface area contributed by atoms with E-state index in [0.717, 1.165) is 38.7 Å². The van der Waals surface area contributed by atoms with E-state index in [9.17, 15) is 4.79 Å². The first-order valence-electron chi connectivity index (χ1n) is 8.61. The molecule has 0 radical (unpaired) electrons. The standard InChI is InChI=1S/C20H21N3O2S/c1-11(18-12(2)22-23(4)13(18)3)21-20(24)17-9-14-10-25-16-8-6-5-7-15(16)19(14)26-17/h5-9,11H,10H2,1-4H3,(H,21,24)/t11-/m1/s1. The molecule has 3 heterocycles. The summed E-state index contributed by atoms with van der Waals surface area (Å²) in [6.45, 7) is 6.51. The molecule has 0 unspecified atom stereocenters. The lowest BCUT2D eigenvalue weighted by Crippen LogP contribution is -2.26. The van der Waals surface area contributed by atoms with Crippen molar-refractivity contribution in [2.45, 2.75) is 33.4 Å². The first-order chi connectivity index (χ1) is 12.5. The molecule has 0 aliphatic carbocycles. The van der Waals surface area contributed by atoms with Gasteiger partial charge in [0.1, 0.15) is 12.4 Å². The van der Waals surface area contributed by atoms with Crippen LogP contribution in [0.5, 0.6) is 5.75 Å². The lowest BCUT2D eigenvalue weighted by atomic mass is 10.1. The Labute approximate surface area is 156 Å². The average Bonchev–Trinajstić information content (AvgIpc) is 3.16. The number of nitrogens with zero attached hydrogens (tertiary/aromatic N) is 2. The van der Waals surface area contributed by atoms with Gasteiger partial charge < -0.3 is 10.1 Å². The van der Waals surface area contributed by atoms with Crippen LogP contribution >= 0.6 is 11.3 Å². The molecule has 26 heavy (non-hydrogen) atoms. The predicted molar refractivity (Wildman–Crippen MR) is 103 cm³/mol. The number of benzene rings is 1. The Hall–Kier alpha value is -2.60. The molecule has 0 spiro atoms. The second kappa shape index (κ2) is 6.29. The number of amides is 1. The van der Waals surface area contributed by atoms with E-state index in [1.54, 1.807) is 0 Å². The van der Waals surface area contributed by atoms with E-state index in [-0.39, 0.29) is 11.9 Å². The Morgan fingerprint density at radius 2 is 2.12 bits per heavy atom. The van der Waals surface area contributed by atoms with Crippen molar-refractivity contribution in [3.63, 3.8) is 0 Å². The van der Waals surface area contributed by atoms with Crippen molar-refractivity contribution in [2.24, 2.45) is 7.05 Å². The number of thiophene rings is 1. The van der Waals surface area contributed by atoms with Gasteiger partial charge in [0, 0.05) is 34.3 Å². The van der Waals surface area contributed by atoms with Crippen LogP contribution in [0.15, 0.2) is 30.3 Å². The summed E-state index contributed by atoms with van der Waals surface area (Å²) < 4.78 is 7.64. The number of ether oxygens (including phenoxy) is 1. The highest BCUT2D eigenvalue weighted by Crippen LogP contribution is 2.42. The zero-order chi connectivity index (χ0) is 18.4. The maximum absolute atomic E-state index is 12.8. The van der Waals surface area contributed by atoms with Gasteiger partial charge in [-0.25, -0.2) is 0 Å². The third-order valence-corrected chi connectivity index (χ3v) is 6.10. The Balaban J connectivity index is 1.60. The molecule has 4 rings (SSSR count). The summed E-state index contributed by atoms with van der Waals surface area (Å²) >= 11 is 1.52. The molecule has 1 amide bonds. The minimum Gasteiger partial charge on any atom is -0.488 e. The fourth-order valence-electron chi connectivity index (χ4n) is 3.57. The molecule has 5 nitrogen and oxygen atoms in total. The first kappa shape index (κ1) is 16.8. The van der Waals surface area contributed by atoms with Crippen LogP contribution in [0.3, 0.4) is 0 Å². The molecule has 0 fully saturated rings. The molecule has 0 bridgehead atoms. The molecule has 1 aliphatic rings. The Morgan fingerprint density at radius 1 is 1.35 bits per heavy atom. The van der Waals surface area contributed by atoms with Crippen molar-refractivity contribution in [1.29, 1.82) is 0 Å². The Kier molecular flexibility index (Phi) is 4.07. The summed E-state index contributed by atoms with van der Waals surface area (Å²) in [4.78, 5) is 14.7. The van der Waals surface area contributed by atoms with Gasteiger partial charge in [0.15, 0.2) is 0 Å². The van der Waals surface area contributed by atoms with Crippen LogP contribution in [-0.4, -0.2) is 15.7 Å². The molecule has 1 atom stereocenters. The van der Waals surface area contributed by atoms with Crippen molar-refractivity contribution in [3.05, 3.63) is 57.7 Å². The van der Waals surface area contributed by atoms with Crippen molar-refractivity contribution in [3.8, 4) is 16.2 Å². The number of rotatable bonds is 3. The van der Waals surface area contributed by atoms with E-state index >= 15 is 0 Å². The minimum atomic E-state index is -0.0983. The van der Waals surface area contributed by atoms with Gasteiger partial charge in [0.25, 0.3) is 5.91 Å². The fraction of sp³-hybridized carbons (Fsp3) is 0.300. The zero-order valence-electron chi connectivity index (χ0n) is 15.3. The second-order valence-corrected chi connectivity index (χ2v) is 7.71. The highest BCUT2D eigenvalue weighted by molar-refractivity contribution is 7.17. The van der Waals surface area contributed by atoms with Gasteiger partial charge in [-0.2, -0.15) is 5.10 Å². The number of fused-ring (bicyclic) bond motifs is 3. The van der Waals surface area contributed by atoms with Crippen LogP contribution in [0.2, 0.25) is 0 Å². The average molecular weight is 367 g/mol. The van der Waals surface area contributed by atoms with Crippen molar-refractivity contribution < 1.29 is 9.53 Å². The van der Waals surface area contributed by atoms with Gasteiger partial charge in [-0.1, -0.05) is 12.1 Å². The van der Waals surface area contributed by atoms with Gasteiger partial charge in [-0.15, -0.1) is 11.3 Å². The number of hydrogen-bond donors (Lipinski definition) is 1. The maximum Gasteiger partial charge on any atom is 0.261 e. The van der Waals surface area contributed by atoms with E-state index in [1.807, 2.05) is 62.8 Å². The maximum atomic E-state index is 12.8. The van der Waals surface area contributed by atoms with Gasteiger partial charge in [0.05, 0.1) is 16.6 Å². The van der Waals surface area contributed by atoms with Crippen molar-refractivity contribution in [1.82, 2.24) is 15.1 Å². The molecule has 0 saturated heterocycles. The fourth-order valence-corrected chi connectivity index (χ4v) is 4.67. The Morgan fingerprint density at radius 3 is 2.85 bits per heavy atom.